The van der Waals surface area contributed by atoms with Crippen LogP contribution in [0.4, 0.5) is 5.69 Å². The van der Waals surface area contributed by atoms with Gasteiger partial charge in [-0.2, -0.15) is 0 Å². The smallest absolute Gasteiger partial charge is 0.122 e. The molecule has 0 radical (unpaired) electrons. The van der Waals surface area contributed by atoms with Crippen LogP contribution in [0.2, 0.25) is 0 Å². The molecule has 0 aromatic heterocycles. The molecule has 1 aliphatic heterocycles. The highest BCUT2D eigenvalue weighted by Crippen LogP contribution is 2.27. The molecular formula is C17H19NO. The molecule has 0 saturated heterocycles. The first-order valence-electron chi connectivity index (χ1n) is 6.86. The van der Waals surface area contributed by atoms with Gasteiger partial charge >= 0.3 is 0 Å². The van der Waals surface area contributed by atoms with Gasteiger partial charge in [-0.3, -0.25) is 0 Å². The van der Waals surface area contributed by atoms with Crippen molar-refractivity contribution in [3.8, 4) is 5.75 Å². The molecule has 98 valence electrons. The third-order valence-electron chi connectivity index (χ3n) is 3.70. The van der Waals surface area contributed by atoms with Gasteiger partial charge in [-0.25, -0.2) is 0 Å². The zero-order valence-corrected chi connectivity index (χ0v) is 11.3. The van der Waals surface area contributed by atoms with Crippen molar-refractivity contribution in [2.45, 2.75) is 13.3 Å². The third kappa shape index (κ3) is 2.58. The second kappa shape index (κ2) is 5.35. The topological polar surface area (TPSA) is 12.5 Å². The van der Waals surface area contributed by atoms with E-state index in [1.165, 1.54) is 16.8 Å². The molecule has 3 rings (SSSR count). The summed E-state index contributed by atoms with van der Waals surface area (Å²) in [6, 6.07) is 16.8. The third-order valence-corrected chi connectivity index (χ3v) is 3.70. The second-order valence-corrected chi connectivity index (χ2v) is 4.98. The Balaban J connectivity index is 1.58. The van der Waals surface area contributed by atoms with Crippen LogP contribution in [0.15, 0.2) is 48.5 Å². The van der Waals surface area contributed by atoms with E-state index in [9.17, 15) is 0 Å². The molecule has 0 unspecified atom stereocenters. The molecule has 0 N–H and O–H groups in total. The van der Waals surface area contributed by atoms with Gasteiger partial charge < -0.3 is 9.64 Å². The first-order valence-corrected chi connectivity index (χ1v) is 6.86. The molecule has 0 atom stereocenters. The van der Waals surface area contributed by atoms with E-state index in [1.807, 2.05) is 18.2 Å². The lowest BCUT2D eigenvalue weighted by atomic mass is 10.2. The van der Waals surface area contributed by atoms with Crippen LogP contribution in [0.25, 0.3) is 0 Å². The molecular weight excluding hydrogens is 234 g/mol. The van der Waals surface area contributed by atoms with Crippen LogP contribution in [0, 0.1) is 6.92 Å². The van der Waals surface area contributed by atoms with Gasteiger partial charge in [0.05, 0.1) is 6.54 Å². The highest BCUT2D eigenvalue weighted by atomic mass is 16.5. The van der Waals surface area contributed by atoms with Gasteiger partial charge in [-0.1, -0.05) is 36.4 Å². The van der Waals surface area contributed by atoms with Crippen molar-refractivity contribution in [3.63, 3.8) is 0 Å². The average molecular weight is 253 g/mol. The number of hydrogen-bond acceptors (Lipinski definition) is 2. The maximum atomic E-state index is 5.87. The van der Waals surface area contributed by atoms with Crippen LogP contribution in [0.1, 0.15) is 11.1 Å². The summed E-state index contributed by atoms with van der Waals surface area (Å²) in [5, 5.41) is 0. The van der Waals surface area contributed by atoms with Gasteiger partial charge in [0.1, 0.15) is 12.4 Å². The average Bonchev–Trinajstić information content (AvgIpc) is 2.85. The van der Waals surface area contributed by atoms with Crippen molar-refractivity contribution >= 4 is 5.69 Å². The number of hydrogen-bond donors (Lipinski definition) is 0. The van der Waals surface area contributed by atoms with Crippen LogP contribution in [0.3, 0.4) is 0 Å². The minimum atomic E-state index is 0.735. The molecule has 2 aromatic rings. The fourth-order valence-electron chi connectivity index (χ4n) is 2.62. The molecule has 2 aromatic carbocycles. The summed E-state index contributed by atoms with van der Waals surface area (Å²) >= 11 is 0. The molecule has 0 saturated carbocycles. The standard InChI is InChI=1S/C17H19NO/c1-14-6-2-5-9-17(14)19-13-12-18-11-10-15-7-3-4-8-16(15)18/h2-9H,10-13H2,1H3. The first kappa shape index (κ1) is 12.1. The highest BCUT2D eigenvalue weighted by molar-refractivity contribution is 5.57. The van der Waals surface area contributed by atoms with Gasteiger partial charge in [0.25, 0.3) is 0 Å². The number of ether oxygens (including phenoxy) is 1. The Morgan fingerprint density at radius 1 is 1.05 bits per heavy atom. The van der Waals surface area contributed by atoms with E-state index in [2.05, 4.69) is 42.2 Å². The summed E-state index contributed by atoms with van der Waals surface area (Å²) in [5.41, 5.74) is 4.03. The van der Waals surface area contributed by atoms with Gasteiger partial charge in [-0.15, -0.1) is 0 Å². The van der Waals surface area contributed by atoms with Gasteiger partial charge in [0.2, 0.25) is 0 Å². The molecule has 2 nitrogen and oxygen atoms in total. The van der Waals surface area contributed by atoms with Crippen LogP contribution < -0.4 is 9.64 Å². The lowest BCUT2D eigenvalue weighted by Crippen LogP contribution is -2.26. The predicted molar refractivity (Wildman–Crippen MR) is 79.0 cm³/mol. The van der Waals surface area contributed by atoms with Crippen LogP contribution in [-0.2, 0) is 6.42 Å². The number of rotatable bonds is 4. The predicted octanol–water partition coefficient (Wildman–Crippen LogP) is 3.44. The van der Waals surface area contributed by atoms with E-state index >= 15 is 0 Å². The fraction of sp³-hybridized carbons (Fsp3) is 0.294. The van der Waals surface area contributed by atoms with Crippen molar-refractivity contribution < 1.29 is 4.74 Å². The normalized spacial score (nSPS) is 13.4. The van der Waals surface area contributed by atoms with E-state index < -0.39 is 0 Å². The first-order chi connectivity index (χ1) is 9.34. The summed E-state index contributed by atoms with van der Waals surface area (Å²) < 4.78 is 5.87. The van der Waals surface area contributed by atoms with Crippen molar-refractivity contribution in [3.05, 3.63) is 59.7 Å². The van der Waals surface area contributed by atoms with E-state index in [0.29, 0.717) is 0 Å². The lowest BCUT2D eigenvalue weighted by Gasteiger charge is -2.19. The summed E-state index contributed by atoms with van der Waals surface area (Å²) in [4.78, 5) is 2.41. The lowest BCUT2D eigenvalue weighted by molar-refractivity contribution is 0.322. The van der Waals surface area contributed by atoms with Gasteiger partial charge in [0.15, 0.2) is 0 Å². The SMILES string of the molecule is Cc1ccccc1OCCN1CCc2ccccc21. The van der Waals surface area contributed by atoms with Crippen molar-refractivity contribution in [1.82, 2.24) is 0 Å². The van der Waals surface area contributed by atoms with E-state index in [4.69, 9.17) is 4.74 Å². The Kier molecular flexibility index (Phi) is 3.41. The molecule has 0 aliphatic carbocycles. The maximum absolute atomic E-state index is 5.87. The molecule has 19 heavy (non-hydrogen) atoms. The van der Waals surface area contributed by atoms with E-state index in [0.717, 1.165) is 31.9 Å². The minimum Gasteiger partial charge on any atom is -0.491 e. The maximum Gasteiger partial charge on any atom is 0.122 e. The summed E-state index contributed by atoms with van der Waals surface area (Å²) in [7, 11) is 0. The Labute approximate surface area is 114 Å². The Hall–Kier alpha value is -1.96. The molecule has 2 heteroatoms. The van der Waals surface area contributed by atoms with Crippen molar-refractivity contribution in [1.29, 1.82) is 0 Å². The van der Waals surface area contributed by atoms with Crippen molar-refractivity contribution in [2.24, 2.45) is 0 Å². The zero-order chi connectivity index (χ0) is 13.1. The number of para-hydroxylation sites is 2. The molecule has 0 bridgehead atoms. The Morgan fingerprint density at radius 2 is 1.84 bits per heavy atom. The molecule has 0 spiro atoms. The van der Waals surface area contributed by atoms with E-state index in [-0.39, 0.29) is 0 Å². The number of benzene rings is 2. The number of aryl methyl sites for hydroxylation is 1. The molecule has 0 fully saturated rings. The Bertz CT molecular complexity index is 565. The van der Waals surface area contributed by atoms with Crippen molar-refractivity contribution in [2.75, 3.05) is 24.6 Å². The zero-order valence-electron chi connectivity index (χ0n) is 11.3. The summed E-state index contributed by atoms with van der Waals surface area (Å²) in [6.07, 6.45) is 1.15. The summed E-state index contributed by atoms with van der Waals surface area (Å²) in [6.45, 7) is 4.88. The number of nitrogens with zero attached hydrogens (tertiary/aromatic N) is 1. The van der Waals surface area contributed by atoms with Crippen LogP contribution in [0.5, 0.6) is 5.75 Å². The highest BCUT2D eigenvalue weighted by Gasteiger charge is 2.17. The molecule has 1 heterocycles. The van der Waals surface area contributed by atoms with Gasteiger partial charge in [-0.05, 0) is 36.6 Å². The Morgan fingerprint density at radius 3 is 2.74 bits per heavy atom. The fourth-order valence-corrected chi connectivity index (χ4v) is 2.62. The molecule has 0 amide bonds. The largest absolute Gasteiger partial charge is 0.491 e. The van der Waals surface area contributed by atoms with Crippen LogP contribution >= 0.6 is 0 Å². The summed E-state index contributed by atoms with van der Waals surface area (Å²) in [5.74, 6) is 0.995. The number of fused-ring (bicyclic) bond motifs is 1. The number of anilines is 1. The van der Waals surface area contributed by atoms with Crippen LogP contribution in [-0.4, -0.2) is 19.7 Å². The van der Waals surface area contributed by atoms with E-state index in [1.54, 1.807) is 0 Å². The molecule has 1 aliphatic rings. The minimum absolute atomic E-state index is 0.735. The van der Waals surface area contributed by atoms with Gasteiger partial charge in [0, 0.05) is 12.2 Å². The second-order valence-electron chi connectivity index (χ2n) is 4.98. The quantitative estimate of drug-likeness (QED) is 0.827. The monoisotopic (exact) mass is 253 g/mol.